The summed E-state index contributed by atoms with van der Waals surface area (Å²) in [5, 5.41) is 9.37. The summed E-state index contributed by atoms with van der Waals surface area (Å²) in [6.07, 6.45) is 5.70. The second kappa shape index (κ2) is 8.50. The van der Waals surface area contributed by atoms with E-state index in [0.29, 0.717) is 16.6 Å². The number of aromatic nitrogens is 1. The van der Waals surface area contributed by atoms with Gasteiger partial charge in [-0.2, -0.15) is 0 Å². The van der Waals surface area contributed by atoms with Crippen molar-refractivity contribution in [2.75, 3.05) is 29.4 Å². The highest BCUT2D eigenvalue weighted by Crippen LogP contribution is 2.39. The Hall–Kier alpha value is -2.46. The Balaban J connectivity index is 1.57. The SMILES string of the molecule is CN(C(=O)N(c1ccc2c(c1)OCO2)C1CCCC1)c1ncc(SCC(=O)O)s1. The van der Waals surface area contributed by atoms with Gasteiger partial charge in [0.1, 0.15) is 0 Å². The normalized spacial score (nSPS) is 15.5. The monoisotopic (exact) mass is 435 g/mol. The number of carboxylic acids is 1. The van der Waals surface area contributed by atoms with Crippen LogP contribution in [0.3, 0.4) is 0 Å². The summed E-state index contributed by atoms with van der Waals surface area (Å²) >= 11 is 2.51. The molecule has 0 bridgehead atoms. The minimum atomic E-state index is -0.885. The Labute approximate surface area is 176 Å². The molecule has 29 heavy (non-hydrogen) atoms. The van der Waals surface area contributed by atoms with Crippen LogP contribution in [0.25, 0.3) is 0 Å². The molecule has 1 fully saturated rings. The Morgan fingerprint density at radius 1 is 1.28 bits per heavy atom. The number of amides is 2. The Kier molecular flexibility index (Phi) is 5.81. The maximum atomic E-state index is 13.5. The van der Waals surface area contributed by atoms with Crippen LogP contribution in [0.4, 0.5) is 15.6 Å². The average molecular weight is 436 g/mol. The number of carbonyl (C=O) groups excluding carboxylic acids is 1. The van der Waals surface area contributed by atoms with Crippen LogP contribution >= 0.6 is 23.1 Å². The number of thioether (sulfide) groups is 1. The number of nitrogens with zero attached hydrogens (tertiary/aromatic N) is 3. The molecule has 2 heterocycles. The minimum Gasteiger partial charge on any atom is -0.481 e. The first-order valence-electron chi connectivity index (χ1n) is 9.30. The summed E-state index contributed by atoms with van der Waals surface area (Å²) in [5.41, 5.74) is 0.773. The topological polar surface area (TPSA) is 92.2 Å². The molecule has 0 atom stereocenters. The maximum absolute atomic E-state index is 13.5. The highest BCUT2D eigenvalue weighted by molar-refractivity contribution is 8.01. The van der Waals surface area contributed by atoms with Gasteiger partial charge in [-0.25, -0.2) is 9.78 Å². The van der Waals surface area contributed by atoms with Crippen molar-refractivity contribution >= 4 is 45.9 Å². The molecule has 8 nitrogen and oxygen atoms in total. The molecule has 154 valence electrons. The molecule has 0 saturated heterocycles. The van der Waals surface area contributed by atoms with E-state index in [2.05, 4.69) is 4.98 Å². The molecule has 1 aliphatic heterocycles. The van der Waals surface area contributed by atoms with Gasteiger partial charge < -0.3 is 14.6 Å². The lowest BCUT2D eigenvalue weighted by Crippen LogP contribution is -2.46. The van der Waals surface area contributed by atoms with Gasteiger partial charge in [-0.15, -0.1) is 11.8 Å². The van der Waals surface area contributed by atoms with E-state index >= 15 is 0 Å². The molecule has 2 aromatic rings. The molecule has 1 N–H and O–H groups in total. The fraction of sp³-hybridized carbons (Fsp3) is 0.421. The van der Waals surface area contributed by atoms with E-state index in [1.165, 1.54) is 28.0 Å². The summed E-state index contributed by atoms with van der Waals surface area (Å²) in [5.74, 6) is 0.401. The lowest BCUT2D eigenvalue weighted by molar-refractivity contribution is -0.133. The molecule has 1 aromatic carbocycles. The molecule has 2 aliphatic rings. The fourth-order valence-corrected chi connectivity index (χ4v) is 5.16. The van der Waals surface area contributed by atoms with Gasteiger partial charge >= 0.3 is 12.0 Å². The van der Waals surface area contributed by atoms with E-state index in [-0.39, 0.29) is 24.6 Å². The lowest BCUT2D eigenvalue weighted by Gasteiger charge is -2.32. The standard InChI is InChI=1S/C19H21N3O5S2/c1-21(18-20-9-17(29-18)28-10-16(23)24)19(25)22(12-4-2-3-5-12)13-6-7-14-15(8-13)27-11-26-14/h6-9,12H,2-5,10-11H2,1H3,(H,23,24). The highest BCUT2D eigenvalue weighted by atomic mass is 32.2. The van der Waals surface area contributed by atoms with Crippen LogP contribution in [0, 0.1) is 0 Å². The van der Waals surface area contributed by atoms with Crippen molar-refractivity contribution in [3.05, 3.63) is 24.4 Å². The number of urea groups is 1. The third kappa shape index (κ3) is 4.27. The lowest BCUT2D eigenvalue weighted by atomic mass is 10.1. The molecule has 0 unspecified atom stereocenters. The predicted molar refractivity (Wildman–Crippen MR) is 112 cm³/mol. The van der Waals surface area contributed by atoms with Crippen LogP contribution < -0.4 is 19.3 Å². The zero-order valence-electron chi connectivity index (χ0n) is 15.9. The van der Waals surface area contributed by atoms with E-state index in [9.17, 15) is 9.59 Å². The number of carboxylic acid groups (broad SMARTS) is 1. The van der Waals surface area contributed by atoms with Crippen molar-refractivity contribution in [1.82, 2.24) is 4.98 Å². The first kappa shape index (κ1) is 19.8. The van der Waals surface area contributed by atoms with Crippen LogP contribution in [0.2, 0.25) is 0 Å². The third-order valence-electron chi connectivity index (χ3n) is 4.91. The smallest absolute Gasteiger partial charge is 0.330 e. The fourth-order valence-electron chi connectivity index (χ4n) is 3.52. The Morgan fingerprint density at radius 2 is 2.03 bits per heavy atom. The molecule has 1 aromatic heterocycles. The number of hydrogen-bond acceptors (Lipinski definition) is 7. The van der Waals surface area contributed by atoms with Gasteiger partial charge in [0.15, 0.2) is 16.6 Å². The van der Waals surface area contributed by atoms with Crippen molar-refractivity contribution in [3.8, 4) is 11.5 Å². The maximum Gasteiger partial charge on any atom is 0.330 e. The van der Waals surface area contributed by atoms with Crippen molar-refractivity contribution in [2.45, 2.75) is 35.9 Å². The van der Waals surface area contributed by atoms with E-state index in [4.69, 9.17) is 14.6 Å². The molecule has 1 aliphatic carbocycles. The largest absolute Gasteiger partial charge is 0.481 e. The van der Waals surface area contributed by atoms with Gasteiger partial charge in [0, 0.05) is 24.8 Å². The number of fused-ring (bicyclic) bond motifs is 1. The minimum absolute atomic E-state index is 0.0370. The molecule has 4 rings (SSSR count). The summed E-state index contributed by atoms with van der Waals surface area (Å²) < 4.78 is 11.6. The molecule has 0 spiro atoms. The van der Waals surface area contributed by atoms with E-state index in [0.717, 1.165) is 35.6 Å². The average Bonchev–Trinajstić information content (AvgIpc) is 3.46. The molecule has 2 amide bonds. The van der Waals surface area contributed by atoms with E-state index in [1.807, 2.05) is 23.1 Å². The number of anilines is 2. The molecule has 10 heteroatoms. The number of carbonyl (C=O) groups is 2. The summed E-state index contributed by atoms with van der Waals surface area (Å²) in [6, 6.07) is 5.51. The number of benzene rings is 1. The first-order valence-corrected chi connectivity index (χ1v) is 11.1. The van der Waals surface area contributed by atoms with Gasteiger partial charge in [0.25, 0.3) is 0 Å². The number of thiazole rings is 1. The van der Waals surface area contributed by atoms with E-state index < -0.39 is 5.97 Å². The van der Waals surface area contributed by atoms with Crippen molar-refractivity contribution in [3.63, 3.8) is 0 Å². The van der Waals surface area contributed by atoms with Gasteiger partial charge in [-0.05, 0) is 25.0 Å². The van der Waals surface area contributed by atoms with Crippen LogP contribution in [0.5, 0.6) is 11.5 Å². The summed E-state index contributed by atoms with van der Waals surface area (Å²) in [4.78, 5) is 31.9. The van der Waals surface area contributed by atoms with Gasteiger partial charge in [-0.1, -0.05) is 24.2 Å². The summed E-state index contributed by atoms with van der Waals surface area (Å²) in [7, 11) is 1.70. The van der Waals surface area contributed by atoms with Crippen LogP contribution in [0.15, 0.2) is 28.6 Å². The zero-order chi connectivity index (χ0) is 20.4. The second-order valence-electron chi connectivity index (χ2n) is 6.83. The Bertz CT molecular complexity index is 913. The van der Waals surface area contributed by atoms with Crippen LogP contribution in [-0.4, -0.2) is 47.7 Å². The number of aliphatic carboxylic acids is 1. The molecule has 1 saturated carbocycles. The third-order valence-corrected chi connectivity index (χ3v) is 7.17. The second-order valence-corrected chi connectivity index (χ2v) is 9.12. The highest BCUT2D eigenvalue weighted by Gasteiger charge is 2.32. The molecule has 0 radical (unpaired) electrons. The van der Waals surface area contributed by atoms with Crippen LogP contribution in [-0.2, 0) is 4.79 Å². The predicted octanol–water partition coefficient (Wildman–Crippen LogP) is 4.05. The number of rotatable bonds is 6. The summed E-state index contributed by atoms with van der Waals surface area (Å²) in [6.45, 7) is 0.186. The van der Waals surface area contributed by atoms with Gasteiger partial charge in [0.2, 0.25) is 6.79 Å². The number of hydrogen-bond donors (Lipinski definition) is 1. The van der Waals surface area contributed by atoms with Crippen molar-refractivity contribution < 1.29 is 24.2 Å². The van der Waals surface area contributed by atoms with Crippen LogP contribution in [0.1, 0.15) is 25.7 Å². The van der Waals surface area contributed by atoms with Gasteiger partial charge in [0.05, 0.1) is 16.2 Å². The zero-order valence-corrected chi connectivity index (χ0v) is 17.5. The molecular weight excluding hydrogens is 414 g/mol. The quantitative estimate of drug-likeness (QED) is 0.684. The van der Waals surface area contributed by atoms with Crippen molar-refractivity contribution in [2.24, 2.45) is 0 Å². The number of ether oxygens (including phenoxy) is 2. The van der Waals surface area contributed by atoms with E-state index in [1.54, 1.807) is 13.2 Å². The molecular formula is C19H21N3O5S2. The first-order chi connectivity index (χ1) is 14.0. The Morgan fingerprint density at radius 3 is 2.79 bits per heavy atom. The van der Waals surface area contributed by atoms with Gasteiger partial charge in [-0.3, -0.25) is 14.6 Å². The van der Waals surface area contributed by atoms with Crippen molar-refractivity contribution in [1.29, 1.82) is 0 Å².